The van der Waals surface area contributed by atoms with Gasteiger partial charge in [0.05, 0.1) is 4.91 Å². The lowest BCUT2D eigenvalue weighted by molar-refractivity contribution is -0.121. The molecule has 0 spiro atoms. The summed E-state index contributed by atoms with van der Waals surface area (Å²) in [5.41, 5.74) is 0.824. The van der Waals surface area contributed by atoms with Crippen LogP contribution in [0.15, 0.2) is 70.6 Å². The van der Waals surface area contributed by atoms with E-state index in [2.05, 4.69) is 22.5 Å². The van der Waals surface area contributed by atoms with Crippen LogP contribution in [0.3, 0.4) is 0 Å². The van der Waals surface area contributed by atoms with E-state index in [0.717, 1.165) is 15.8 Å². The lowest BCUT2D eigenvalue weighted by atomic mass is 10.2. The van der Waals surface area contributed by atoms with Crippen LogP contribution in [0.4, 0.5) is 0 Å². The molecule has 3 rings (SSSR count). The summed E-state index contributed by atoms with van der Waals surface area (Å²) in [4.78, 5) is 14.6. The van der Waals surface area contributed by atoms with Gasteiger partial charge in [-0.25, -0.2) is 0 Å². The van der Waals surface area contributed by atoms with Gasteiger partial charge in [-0.3, -0.25) is 9.69 Å². The van der Waals surface area contributed by atoms with E-state index in [-0.39, 0.29) is 5.91 Å². The molecule has 0 aromatic heterocycles. The molecule has 28 heavy (non-hydrogen) atoms. The van der Waals surface area contributed by atoms with E-state index in [1.807, 2.05) is 54.6 Å². The molecule has 2 aromatic carbocycles. The highest BCUT2D eigenvalue weighted by molar-refractivity contribution is 9.10. The molecule has 4 nitrogen and oxygen atoms in total. The minimum Gasteiger partial charge on any atom is -0.490 e. The Kier molecular flexibility index (Phi) is 7.30. The van der Waals surface area contributed by atoms with Crippen molar-refractivity contribution >= 4 is 56.2 Å². The SMILES string of the molecule is C=CCN1C(=O)/C(=C/c2ccccc2OCCOc2ccc(Br)cc2)SC1=S. The molecule has 1 heterocycles. The number of ether oxygens (including phenoxy) is 2. The van der Waals surface area contributed by atoms with E-state index in [1.165, 1.54) is 16.7 Å². The number of thioether (sulfide) groups is 1. The topological polar surface area (TPSA) is 38.8 Å². The first-order valence-electron chi connectivity index (χ1n) is 8.55. The second kappa shape index (κ2) is 9.91. The summed E-state index contributed by atoms with van der Waals surface area (Å²) in [6.45, 7) is 4.88. The lowest BCUT2D eigenvalue weighted by Crippen LogP contribution is -2.27. The van der Waals surface area contributed by atoms with Crippen LogP contribution in [0.2, 0.25) is 0 Å². The molecular formula is C21H18BrNO3S2. The molecule has 1 fully saturated rings. The maximum atomic E-state index is 12.5. The van der Waals surface area contributed by atoms with Crippen molar-refractivity contribution < 1.29 is 14.3 Å². The van der Waals surface area contributed by atoms with E-state index >= 15 is 0 Å². The van der Waals surface area contributed by atoms with Gasteiger partial charge in [-0.05, 0) is 36.4 Å². The highest BCUT2D eigenvalue weighted by atomic mass is 79.9. The third-order valence-corrected chi connectivity index (χ3v) is 5.72. The van der Waals surface area contributed by atoms with Crippen molar-refractivity contribution in [2.75, 3.05) is 19.8 Å². The zero-order valence-corrected chi connectivity index (χ0v) is 18.2. The number of amides is 1. The molecule has 0 saturated carbocycles. The average Bonchev–Trinajstić information content (AvgIpc) is 2.95. The number of carbonyl (C=O) groups excluding carboxylic acids is 1. The molecule has 7 heteroatoms. The van der Waals surface area contributed by atoms with Gasteiger partial charge in [0.25, 0.3) is 5.91 Å². The average molecular weight is 476 g/mol. The van der Waals surface area contributed by atoms with Gasteiger partial charge in [0, 0.05) is 16.6 Å². The van der Waals surface area contributed by atoms with Crippen molar-refractivity contribution in [1.29, 1.82) is 0 Å². The summed E-state index contributed by atoms with van der Waals surface area (Å²) in [6, 6.07) is 15.2. The van der Waals surface area contributed by atoms with Crippen LogP contribution >= 0.6 is 39.9 Å². The Morgan fingerprint density at radius 1 is 1.11 bits per heavy atom. The predicted molar refractivity (Wildman–Crippen MR) is 122 cm³/mol. The van der Waals surface area contributed by atoms with Gasteiger partial charge in [0.15, 0.2) is 0 Å². The van der Waals surface area contributed by atoms with Gasteiger partial charge in [0.2, 0.25) is 0 Å². The Balaban J connectivity index is 1.63. The number of carbonyl (C=O) groups is 1. The Bertz CT molecular complexity index is 912. The predicted octanol–water partition coefficient (Wildman–Crippen LogP) is 5.29. The van der Waals surface area contributed by atoms with Crippen LogP contribution < -0.4 is 9.47 Å². The second-order valence-electron chi connectivity index (χ2n) is 5.77. The highest BCUT2D eigenvalue weighted by Crippen LogP contribution is 2.34. The zero-order chi connectivity index (χ0) is 19.9. The van der Waals surface area contributed by atoms with E-state index < -0.39 is 0 Å². The summed E-state index contributed by atoms with van der Waals surface area (Å²) in [5.74, 6) is 1.37. The van der Waals surface area contributed by atoms with Crippen LogP contribution in [0, 0.1) is 0 Å². The molecule has 1 saturated heterocycles. The first-order valence-corrected chi connectivity index (χ1v) is 10.6. The van der Waals surface area contributed by atoms with Crippen molar-refractivity contribution in [3.05, 3.63) is 76.1 Å². The van der Waals surface area contributed by atoms with Gasteiger partial charge >= 0.3 is 0 Å². The number of thiocarbonyl (C=S) groups is 1. The molecule has 144 valence electrons. The number of para-hydroxylation sites is 1. The second-order valence-corrected chi connectivity index (χ2v) is 8.36. The summed E-state index contributed by atoms with van der Waals surface area (Å²) in [7, 11) is 0. The van der Waals surface area contributed by atoms with E-state index in [9.17, 15) is 4.79 Å². The third kappa shape index (κ3) is 5.25. The number of rotatable bonds is 8. The fourth-order valence-electron chi connectivity index (χ4n) is 2.50. The van der Waals surface area contributed by atoms with Gasteiger partial charge < -0.3 is 9.47 Å². The number of hydrogen-bond acceptors (Lipinski definition) is 5. The number of nitrogens with zero attached hydrogens (tertiary/aromatic N) is 1. The maximum absolute atomic E-state index is 12.5. The smallest absolute Gasteiger partial charge is 0.266 e. The minimum absolute atomic E-state index is 0.108. The van der Waals surface area contributed by atoms with Crippen molar-refractivity contribution in [3.63, 3.8) is 0 Å². The van der Waals surface area contributed by atoms with Gasteiger partial charge in [-0.15, -0.1) is 6.58 Å². The monoisotopic (exact) mass is 475 g/mol. The minimum atomic E-state index is -0.108. The fourth-order valence-corrected chi connectivity index (χ4v) is 4.03. The van der Waals surface area contributed by atoms with Crippen molar-refractivity contribution in [1.82, 2.24) is 4.90 Å². The van der Waals surface area contributed by atoms with Crippen LogP contribution in [-0.2, 0) is 4.79 Å². The fraction of sp³-hybridized carbons (Fsp3) is 0.143. The third-order valence-electron chi connectivity index (χ3n) is 3.81. The van der Waals surface area contributed by atoms with Gasteiger partial charge in [-0.1, -0.05) is 64.2 Å². The highest BCUT2D eigenvalue weighted by Gasteiger charge is 2.31. The summed E-state index contributed by atoms with van der Waals surface area (Å²) >= 11 is 9.96. The molecular weight excluding hydrogens is 458 g/mol. The number of benzene rings is 2. The van der Waals surface area contributed by atoms with Crippen molar-refractivity contribution in [3.8, 4) is 11.5 Å². The number of hydrogen-bond donors (Lipinski definition) is 0. The quantitative estimate of drug-likeness (QED) is 0.224. The maximum Gasteiger partial charge on any atom is 0.266 e. The molecule has 0 radical (unpaired) electrons. The van der Waals surface area contributed by atoms with E-state index in [4.69, 9.17) is 21.7 Å². The van der Waals surface area contributed by atoms with Crippen molar-refractivity contribution in [2.45, 2.75) is 0 Å². The molecule has 0 atom stereocenters. The molecule has 1 aliphatic rings. The molecule has 0 N–H and O–H groups in total. The number of halogens is 1. The summed E-state index contributed by atoms with van der Waals surface area (Å²) in [6.07, 6.45) is 3.48. The Morgan fingerprint density at radius 3 is 2.57 bits per heavy atom. The van der Waals surface area contributed by atoms with Crippen LogP contribution in [0.25, 0.3) is 6.08 Å². The standard InChI is InChI=1S/C21H18BrNO3S2/c1-2-11-23-20(24)19(28-21(23)27)14-15-5-3-4-6-18(15)26-13-12-25-17-9-7-16(22)8-10-17/h2-10,14H,1,11-13H2/b19-14-. The van der Waals surface area contributed by atoms with Crippen LogP contribution in [0.5, 0.6) is 11.5 Å². The van der Waals surface area contributed by atoms with Crippen LogP contribution in [-0.4, -0.2) is 34.9 Å². The van der Waals surface area contributed by atoms with Crippen molar-refractivity contribution in [2.24, 2.45) is 0 Å². The Morgan fingerprint density at radius 2 is 1.82 bits per heavy atom. The van der Waals surface area contributed by atoms with Gasteiger partial charge in [0.1, 0.15) is 29.0 Å². The molecule has 0 unspecified atom stereocenters. The van der Waals surface area contributed by atoms with Crippen LogP contribution in [0.1, 0.15) is 5.56 Å². The first kappa shape index (κ1) is 20.6. The summed E-state index contributed by atoms with van der Waals surface area (Å²) in [5, 5.41) is 0. The molecule has 2 aromatic rings. The normalized spacial score (nSPS) is 15.2. The largest absolute Gasteiger partial charge is 0.490 e. The lowest BCUT2D eigenvalue weighted by Gasteiger charge is -2.11. The zero-order valence-electron chi connectivity index (χ0n) is 15.0. The molecule has 0 aliphatic carbocycles. The Hall–Kier alpha value is -2.09. The summed E-state index contributed by atoms with van der Waals surface area (Å²) < 4.78 is 13.1. The van der Waals surface area contributed by atoms with E-state index in [0.29, 0.717) is 34.7 Å². The van der Waals surface area contributed by atoms with Gasteiger partial charge in [-0.2, -0.15) is 0 Å². The van der Waals surface area contributed by atoms with E-state index in [1.54, 1.807) is 6.08 Å². The Labute approximate surface area is 182 Å². The molecule has 0 bridgehead atoms. The molecule has 1 amide bonds. The first-order chi connectivity index (χ1) is 13.6. The molecule has 1 aliphatic heterocycles.